The Morgan fingerprint density at radius 1 is 1.68 bits per heavy atom. The highest BCUT2D eigenvalue weighted by atomic mass is 16.5. The van der Waals surface area contributed by atoms with E-state index in [-0.39, 0.29) is 23.0 Å². The summed E-state index contributed by atoms with van der Waals surface area (Å²) in [5, 5.41) is 0. The number of aromatic amines is 1. The number of aromatic nitrogens is 2. The first kappa shape index (κ1) is 13.8. The average Bonchev–Trinajstić information content (AvgIpc) is 2.36. The number of methoxy groups -OCH3 is 1. The Labute approximate surface area is 111 Å². The number of anilines is 1. The zero-order valence-corrected chi connectivity index (χ0v) is 11.5. The molecule has 2 rings (SSSR count). The smallest absolute Gasteiger partial charge is 0.295 e. The molecule has 7 nitrogen and oxygen atoms in total. The van der Waals surface area contributed by atoms with Gasteiger partial charge in [-0.1, -0.05) is 0 Å². The van der Waals surface area contributed by atoms with E-state index >= 15 is 0 Å². The van der Waals surface area contributed by atoms with Gasteiger partial charge in [0.25, 0.3) is 5.56 Å². The van der Waals surface area contributed by atoms with Crippen LogP contribution in [0.3, 0.4) is 0 Å². The van der Waals surface area contributed by atoms with Crippen molar-refractivity contribution in [3.63, 3.8) is 0 Å². The molecule has 7 heteroatoms. The minimum absolute atomic E-state index is 0.0884. The van der Waals surface area contributed by atoms with Crippen molar-refractivity contribution in [1.82, 2.24) is 9.97 Å². The third-order valence-corrected chi connectivity index (χ3v) is 3.04. The van der Waals surface area contributed by atoms with Crippen LogP contribution >= 0.6 is 0 Å². The van der Waals surface area contributed by atoms with Crippen LogP contribution < -0.4 is 20.9 Å². The van der Waals surface area contributed by atoms with Crippen molar-refractivity contribution in [2.45, 2.75) is 25.6 Å². The van der Waals surface area contributed by atoms with Gasteiger partial charge in [-0.2, -0.15) is 0 Å². The van der Waals surface area contributed by atoms with E-state index in [1.54, 1.807) is 0 Å². The van der Waals surface area contributed by atoms with Crippen molar-refractivity contribution in [3.8, 4) is 5.75 Å². The topological polar surface area (TPSA) is 93.5 Å². The van der Waals surface area contributed by atoms with Crippen molar-refractivity contribution in [2.24, 2.45) is 5.73 Å². The van der Waals surface area contributed by atoms with Gasteiger partial charge in [0.1, 0.15) is 0 Å². The van der Waals surface area contributed by atoms with E-state index in [0.29, 0.717) is 25.5 Å². The summed E-state index contributed by atoms with van der Waals surface area (Å²) in [5.41, 5.74) is 5.05. The molecule has 0 spiro atoms. The molecule has 106 valence electrons. The number of H-pyrrole nitrogens is 1. The number of nitrogens with zero attached hydrogens (tertiary/aromatic N) is 2. The Morgan fingerprint density at radius 2 is 2.42 bits per heavy atom. The molecule has 0 saturated carbocycles. The first-order valence-corrected chi connectivity index (χ1v) is 6.21. The normalized spacial score (nSPS) is 22.3. The van der Waals surface area contributed by atoms with Gasteiger partial charge >= 0.3 is 0 Å². The molecule has 0 radical (unpaired) electrons. The molecule has 2 heterocycles. The van der Waals surface area contributed by atoms with Gasteiger partial charge in [0.2, 0.25) is 5.75 Å². The molecular weight excluding hydrogens is 248 g/mol. The summed E-state index contributed by atoms with van der Waals surface area (Å²) in [6.45, 7) is 5.61. The van der Waals surface area contributed by atoms with Crippen molar-refractivity contribution in [3.05, 3.63) is 16.7 Å². The number of hydrogen-bond acceptors (Lipinski definition) is 6. The van der Waals surface area contributed by atoms with Gasteiger partial charge in [-0.15, -0.1) is 0 Å². The van der Waals surface area contributed by atoms with Gasteiger partial charge in [0, 0.05) is 19.6 Å². The molecule has 1 atom stereocenters. The lowest BCUT2D eigenvalue weighted by molar-refractivity contribution is -0.0791. The fourth-order valence-corrected chi connectivity index (χ4v) is 2.37. The monoisotopic (exact) mass is 268 g/mol. The van der Waals surface area contributed by atoms with Crippen molar-refractivity contribution >= 4 is 5.82 Å². The largest absolute Gasteiger partial charge is 0.489 e. The number of ether oxygens (including phenoxy) is 2. The lowest BCUT2D eigenvalue weighted by atomic mass is 10.1. The second kappa shape index (κ2) is 5.18. The van der Waals surface area contributed by atoms with E-state index in [0.717, 1.165) is 0 Å². The third-order valence-electron chi connectivity index (χ3n) is 3.04. The second-order valence-corrected chi connectivity index (χ2v) is 5.20. The maximum Gasteiger partial charge on any atom is 0.295 e. The fraction of sp³-hybridized carbons (Fsp3) is 0.667. The standard InChI is InChI=1S/C12H20N4O3/c1-12(2)6-16(5-8(4-13)19-12)10-9(18-3)11(17)15-7-14-10/h7-8H,4-6,13H2,1-3H3,(H,14,15,17). The van der Waals surface area contributed by atoms with Crippen LogP contribution in [0.5, 0.6) is 5.75 Å². The Morgan fingerprint density at radius 3 is 3.05 bits per heavy atom. The Hall–Kier alpha value is -1.60. The number of nitrogens with two attached hydrogens (primary N) is 1. The highest BCUT2D eigenvalue weighted by molar-refractivity contribution is 5.51. The summed E-state index contributed by atoms with van der Waals surface area (Å²) in [5.74, 6) is 0.747. The molecule has 1 aliphatic rings. The minimum atomic E-state index is -0.350. The molecule has 0 aromatic carbocycles. The third kappa shape index (κ3) is 2.87. The summed E-state index contributed by atoms with van der Waals surface area (Å²) in [6, 6.07) is 0. The van der Waals surface area contributed by atoms with Gasteiger partial charge in [0.05, 0.1) is 25.1 Å². The first-order chi connectivity index (χ1) is 8.96. The van der Waals surface area contributed by atoms with Crippen molar-refractivity contribution in [1.29, 1.82) is 0 Å². The highest BCUT2D eigenvalue weighted by Gasteiger charge is 2.34. The number of morpholine rings is 1. The van der Waals surface area contributed by atoms with Crippen LogP contribution in [0.15, 0.2) is 11.1 Å². The summed E-state index contributed by atoms with van der Waals surface area (Å²) >= 11 is 0. The van der Waals surface area contributed by atoms with E-state index in [1.807, 2.05) is 18.7 Å². The molecule has 1 aromatic rings. The van der Waals surface area contributed by atoms with E-state index in [9.17, 15) is 4.79 Å². The molecule has 0 amide bonds. The van der Waals surface area contributed by atoms with Crippen LogP contribution in [0.4, 0.5) is 5.82 Å². The molecule has 3 N–H and O–H groups in total. The van der Waals surface area contributed by atoms with Gasteiger partial charge in [-0.25, -0.2) is 4.98 Å². The SMILES string of the molecule is COc1c(N2CC(CN)OC(C)(C)C2)nc[nH]c1=O. The molecule has 1 unspecified atom stereocenters. The van der Waals surface area contributed by atoms with Crippen LogP contribution in [-0.4, -0.2) is 48.4 Å². The molecule has 1 fully saturated rings. The fourth-order valence-electron chi connectivity index (χ4n) is 2.37. The molecule has 1 saturated heterocycles. The number of nitrogens with one attached hydrogen (secondary N) is 1. The van der Waals surface area contributed by atoms with Crippen LogP contribution in [0.25, 0.3) is 0 Å². The Bertz CT molecular complexity index is 500. The van der Waals surface area contributed by atoms with E-state index in [1.165, 1.54) is 13.4 Å². The molecule has 19 heavy (non-hydrogen) atoms. The average molecular weight is 268 g/mol. The Kier molecular flexibility index (Phi) is 3.77. The lowest BCUT2D eigenvalue weighted by Crippen LogP contribution is -2.55. The molecular formula is C12H20N4O3. The molecule has 0 aliphatic carbocycles. The summed E-state index contributed by atoms with van der Waals surface area (Å²) in [7, 11) is 1.46. The van der Waals surface area contributed by atoms with Crippen LogP contribution in [0.1, 0.15) is 13.8 Å². The van der Waals surface area contributed by atoms with Crippen LogP contribution in [-0.2, 0) is 4.74 Å². The molecule has 0 bridgehead atoms. The molecule has 1 aromatic heterocycles. The number of rotatable bonds is 3. The van der Waals surface area contributed by atoms with Gasteiger partial charge in [-0.05, 0) is 13.8 Å². The zero-order valence-electron chi connectivity index (χ0n) is 11.5. The van der Waals surface area contributed by atoms with E-state index in [4.69, 9.17) is 15.2 Å². The first-order valence-electron chi connectivity index (χ1n) is 6.21. The summed E-state index contributed by atoms with van der Waals surface area (Å²) in [6.07, 6.45) is 1.29. The van der Waals surface area contributed by atoms with Gasteiger partial charge in [0.15, 0.2) is 5.82 Å². The van der Waals surface area contributed by atoms with Crippen LogP contribution in [0.2, 0.25) is 0 Å². The van der Waals surface area contributed by atoms with E-state index < -0.39 is 0 Å². The van der Waals surface area contributed by atoms with E-state index in [2.05, 4.69) is 9.97 Å². The quantitative estimate of drug-likeness (QED) is 0.783. The van der Waals surface area contributed by atoms with Crippen molar-refractivity contribution < 1.29 is 9.47 Å². The Balaban J connectivity index is 2.35. The number of hydrogen-bond donors (Lipinski definition) is 2. The predicted octanol–water partition coefficient (Wildman–Crippen LogP) is -0.279. The minimum Gasteiger partial charge on any atom is -0.489 e. The highest BCUT2D eigenvalue weighted by Crippen LogP contribution is 2.28. The summed E-state index contributed by atoms with van der Waals surface area (Å²) < 4.78 is 11.0. The van der Waals surface area contributed by atoms with Gasteiger partial charge in [-0.3, -0.25) is 4.79 Å². The zero-order chi connectivity index (χ0) is 14.0. The van der Waals surface area contributed by atoms with Gasteiger partial charge < -0.3 is 25.1 Å². The predicted molar refractivity (Wildman–Crippen MR) is 71.6 cm³/mol. The lowest BCUT2D eigenvalue weighted by Gasteiger charge is -2.43. The van der Waals surface area contributed by atoms with Crippen molar-refractivity contribution in [2.75, 3.05) is 31.6 Å². The maximum absolute atomic E-state index is 11.7. The molecule has 1 aliphatic heterocycles. The maximum atomic E-state index is 11.7. The van der Waals surface area contributed by atoms with Crippen LogP contribution in [0, 0.1) is 0 Å². The summed E-state index contributed by atoms with van der Waals surface area (Å²) in [4.78, 5) is 20.4. The second-order valence-electron chi connectivity index (χ2n) is 5.20.